The fraction of sp³-hybridized carbons (Fsp3) is 0.182. The molecule has 0 aromatic heterocycles. The van der Waals surface area contributed by atoms with Crippen LogP contribution in [-0.2, 0) is 13.2 Å². The summed E-state index contributed by atoms with van der Waals surface area (Å²) in [4.78, 5) is 0. The van der Waals surface area contributed by atoms with Gasteiger partial charge in [-0.15, -0.1) is 0 Å². The SMILES string of the molecule is COc1cc(CNc2ccc(F)c(Cl)c2)cc(Cl)c1OCc1cccc(C)c1. The maximum Gasteiger partial charge on any atom is 0.180 e. The van der Waals surface area contributed by atoms with Crippen molar-refractivity contribution in [2.24, 2.45) is 0 Å². The normalized spacial score (nSPS) is 10.6. The maximum absolute atomic E-state index is 13.3. The number of aryl methyl sites for hydroxylation is 1. The molecule has 3 nitrogen and oxygen atoms in total. The molecule has 0 saturated carbocycles. The van der Waals surface area contributed by atoms with Crippen molar-refractivity contribution in [2.45, 2.75) is 20.1 Å². The van der Waals surface area contributed by atoms with E-state index >= 15 is 0 Å². The summed E-state index contributed by atoms with van der Waals surface area (Å²) in [7, 11) is 1.57. The predicted molar refractivity (Wildman–Crippen MR) is 112 cm³/mol. The average Bonchev–Trinajstić information content (AvgIpc) is 2.67. The first kappa shape index (κ1) is 20.3. The third-order valence-electron chi connectivity index (χ3n) is 4.17. The van der Waals surface area contributed by atoms with E-state index in [0.717, 1.165) is 11.1 Å². The molecule has 0 saturated heterocycles. The van der Waals surface area contributed by atoms with Crippen LogP contribution in [-0.4, -0.2) is 7.11 Å². The van der Waals surface area contributed by atoms with Crippen molar-refractivity contribution in [1.82, 2.24) is 0 Å². The first-order chi connectivity index (χ1) is 13.5. The Balaban J connectivity index is 1.72. The first-order valence-electron chi connectivity index (χ1n) is 8.70. The Bertz CT molecular complexity index is 979. The number of methoxy groups -OCH3 is 1. The lowest BCUT2D eigenvalue weighted by molar-refractivity contribution is 0.284. The molecule has 0 fully saturated rings. The summed E-state index contributed by atoms with van der Waals surface area (Å²) < 4.78 is 24.6. The Morgan fingerprint density at radius 2 is 1.79 bits per heavy atom. The lowest BCUT2D eigenvalue weighted by atomic mass is 10.1. The minimum absolute atomic E-state index is 0.0699. The van der Waals surface area contributed by atoms with Gasteiger partial charge in [0, 0.05) is 12.2 Å². The van der Waals surface area contributed by atoms with E-state index in [-0.39, 0.29) is 5.02 Å². The lowest BCUT2D eigenvalue weighted by Gasteiger charge is -2.15. The number of hydrogen-bond acceptors (Lipinski definition) is 3. The molecule has 0 unspecified atom stereocenters. The molecule has 0 aliphatic heterocycles. The van der Waals surface area contributed by atoms with Crippen molar-refractivity contribution in [3.8, 4) is 11.5 Å². The van der Waals surface area contributed by atoms with E-state index in [4.69, 9.17) is 32.7 Å². The van der Waals surface area contributed by atoms with Gasteiger partial charge in [0.15, 0.2) is 11.5 Å². The first-order valence-corrected chi connectivity index (χ1v) is 9.45. The summed E-state index contributed by atoms with van der Waals surface area (Å²) in [5, 5.41) is 3.71. The van der Waals surface area contributed by atoms with E-state index in [1.165, 1.54) is 17.7 Å². The molecule has 28 heavy (non-hydrogen) atoms. The number of nitrogens with one attached hydrogen (secondary N) is 1. The number of halogens is 3. The van der Waals surface area contributed by atoms with Gasteiger partial charge in [0.1, 0.15) is 12.4 Å². The fourth-order valence-electron chi connectivity index (χ4n) is 2.78. The van der Waals surface area contributed by atoms with Crippen LogP contribution in [0.4, 0.5) is 10.1 Å². The minimum Gasteiger partial charge on any atom is -0.493 e. The van der Waals surface area contributed by atoms with Crippen molar-refractivity contribution in [3.63, 3.8) is 0 Å². The minimum atomic E-state index is -0.452. The average molecular weight is 420 g/mol. The van der Waals surface area contributed by atoms with Gasteiger partial charge in [0.05, 0.1) is 17.2 Å². The van der Waals surface area contributed by atoms with Crippen LogP contribution >= 0.6 is 23.2 Å². The number of ether oxygens (including phenoxy) is 2. The second kappa shape index (κ2) is 9.18. The molecule has 3 aromatic rings. The van der Waals surface area contributed by atoms with Crippen LogP contribution in [0.5, 0.6) is 11.5 Å². The highest BCUT2D eigenvalue weighted by atomic mass is 35.5. The van der Waals surface area contributed by atoms with Crippen LogP contribution in [0.15, 0.2) is 54.6 Å². The number of anilines is 1. The predicted octanol–water partition coefficient (Wildman–Crippen LogP) is 6.64. The highest BCUT2D eigenvalue weighted by Crippen LogP contribution is 2.37. The molecule has 3 aromatic carbocycles. The Morgan fingerprint density at radius 3 is 2.50 bits per heavy atom. The number of benzene rings is 3. The Kier molecular flexibility index (Phi) is 6.65. The summed E-state index contributed by atoms with van der Waals surface area (Å²) >= 11 is 12.2. The summed E-state index contributed by atoms with van der Waals surface area (Å²) in [6.07, 6.45) is 0. The van der Waals surface area contributed by atoms with Crippen molar-refractivity contribution in [3.05, 3.63) is 87.2 Å². The van der Waals surface area contributed by atoms with Gasteiger partial charge in [-0.05, 0) is 48.4 Å². The van der Waals surface area contributed by atoms with Gasteiger partial charge in [0.2, 0.25) is 0 Å². The smallest absolute Gasteiger partial charge is 0.180 e. The highest BCUT2D eigenvalue weighted by molar-refractivity contribution is 6.32. The summed E-state index contributed by atoms with van der Waals surface area (Å²) in [6, 6.07) is 16.2. The Labute approximate surface area is 174 Å². The van der Waals surface area contributed by atoms with Crippen LogP contribution in [0.1, 0.15) is 16.7 Å². The zero-order chi connectivity index (χ0) is 20.1. The zero-order valence-electron chi connectivity index (χ0n) is 15.6. The maximum atomic E-state index is 13.3. The fourth-order valence-corrected chi connectivity index (χ4v) is 3.25. The largest absolute Gasteiger partial charge is 0.493 e. The standard InChI is InChI=1S/C22H20Cl2FNO2/c1-14-4-3-5-15(8-14)13-28-22-19(24)9-16(10-21(22)27-2)12-26-17-6-7-20(25)18(23)11-17/h3-11,26H,12-13H2,1-2H3. The summed E-state index contributed by atoms with van der Waals surface area (Å²) in [5.74, 6) is 0.598. The second-order valence-electron chi connectivity index (χ2n) is 6.37. The molecule has 0 bridgehead atoms. The van der Waals surface area contributed by atoms with Gasteiger partial charge in [-0.25, -0.2) is 4.39 Å². The molecule has 0 radical (unpaired) electrons. The highest BCUT2D eigenvalue weighted by Gasteiger charge is 2.13. The van der Waals surface area contributed by atoms with E-state index in [1.54, 1.807) is 13.2 Å². The van der Waals surface area contributed by atoms with Gasteiger partial charge >= 0.3 is 0 Å². The molecule has 6 heteroatoms. The van der Waals surface area contributed by atoms with Crippen LogP contribution in [0.3, 0.4) is 0 Å². The van der Waals surface area contributed by atoms with E-state index in [0.29, 0.717) is 35.4 Å². The topological polar surface area (TPSA) is 30.5 Å². The second-order valence-corrected chi connectivity index (χ2v) is 7.18. The van der Waals surface area contributed by atoms with E-state index in [1.807, 2.05) is 37.3 Å². The van der Waals surface area contributed by atoms with Gasteiger partial charge in [-0.2, -0.15) is 0 Å². The van der Waals surface area contributed by atoms with Crippen LogP contribution < -0.4 is 14.8 Å². The van der Waals surface area contributed by atoms with E-state index in [9.17, 15) is 4.39 Å². The Hall–Kier alpha value is -2.43. The molecule has 0 heterocycles. The molecule has 146 valence electrons. The number of rotatable bonds is 7. The zero-order valence-corrected chi connectivity index (χ0v) is 17.1. The van der Waals surface area contributed by atoms with Crippen LogP contribution in [0, 0.1) is 12.7 Å². The molecule has 0 atom stereocenters. The molecule has 0 aliphatic rings. The number of hydrogen-bond donors (Lipinski definition) is 1. The van der Waals surface area contributed by atoms with Gasteiger partial charge in [0.25, 0.3) is 0 Å². The molecule has 0 spiro atoms. The molecule has 0 aliphatic carbocycles. The van der Waals surface area contributed by atoms with E-state index in [2.05, 4.69) is 11.4 Å². The molecular weight excluding hydrogens is 400 g/mol. The van der Waals surface area contributed by atoms with E-state index < -0.39 is 5.82 Å². The molecule has 3 rings (SSSR count). The van der Waals surface area contributed by atoms with Crippen molar-refractivity contribution in [1.29, 1.82) is 0 Å². The van der Waals surface area contributed by atoms with Crippen molar-refractivity contribution in [2.75, 3.05) is 12.4 Å². The van der Waals surface area contributed by atoms with Gasteiger partial charge < -0.3 is 14.8 Å². The monoisotopic (exact) mass is 419 g/mol. The van der Waals surface area contributed by atoms with Crippen LogP contribution in [0.25, 0.3) is 0 Å². The molecule has 0 amide bonds. The van der Waals surface area contributed by atoms with Crippen molar-refractivity contribution >= 4 is 28.9 Å². The Morgan fingerprint density at radius 1 is 0.964 bits per heavy atom. The summed E-state index contributed by atoms with van der Waals surface area (Å²) in [5.41, 5.74) is 3.82. The third-order valence-corrected chi connectivity index (χ3v) is 4.74. The van der Waals surface area contributed by atoms with Crippen molar-refractivity contribution < 1.29 is 13.9 Å². The summed E-state index contributed by atoms with van der Waals surface area (Å²) in [6.45, 7) is 2.90. The molecule has 1 N–H and O–H groups in total. The van der Waals surface area contributed by atoms with Gasteiger partial charge in [-0.1, -0.05) is 53.0 Å². The van der Waals surface area contributed by atoms with Crippen LogP contribution in [0.2, 0.25) is 10.0 Å². The third kappa shape index (κ3) is 5.09. The van der Waals surface area contributed by atoms with Gasteiger partial charge in [-0.3, -0.25) is 0 Å². The quantitative estimate of drug-likeness (QED) is 0.465. The molecular formula is C22H20Cl2FNO2. The lowest BCUT2D eigenvalue weighted by Crippen LogP contribution is -2.03.